The molecule has 27 heavy (non-hydrogen) atoms. The van der Waals surface area contributed by atoms with Crippen molar-refractivity contribution in [1.82, 2.24) is 34.9 Å². The molecule has 1 fully saturated rings. The van der Waals surface area contributed by atoms with Gasteiger partial charge in [-0.25, -0.2) is 14.6 Å². The fourth-order valence-corrected chi connectivity index (χ4v) is 3.46. The highest BCUT2D eigenvalue weighted by Crippen LogP contribution is 2.29. The maximum absolute atomic E-state index is 5.31. The molecule has 0 bridgehead atoms. The van der Waals surface area contributed by atoms with Crippen molar-refractivity contribution in [2.24, 2.45) is 0 Å². The zero-order valence-electron chi connectivity index (χ0n) is 15.2. The number of nitrogens with zero attached hydrogens (tertiary/aromatic N) is 6. The monoisotopic (exact) mass is 364 g/mol. The average Bonchev–Trinajstić information content (AvgIpc) is 3.27. The van der Waals surface area contributed by atoms with Crippen molar-refractivity contribution < 1.29 is 4.74 Å². The molecule has 0 spiro atoms. The van der Waals surface area contributed by atoms with Gasteiger partial charge in [0.1, 0.15) is 11.2 Å². The number of H-pyrrole nitrogens is 1. The normalized spacial score (nSPS) is 19.5. The van der Waals surface area contributed by atoms with Crippen LogP contribution in [0.1, 0.15) is 19.8 Å². The molecule has 1 aliphatic rings. The molecule has 1 aliphatic carbocycles. The Morgan fingerprint density at radius 3 is 3.00 bits per heavy atom. The summed E-state index contributed by atoms with van der Waals surface area (Å²) >= 11 is 0. The number of hydrogen-bond acceptors (Lipinski definition) is 7. The van der Waals surface area contributed by atoms with Gasteiger partial charge in [-0.3, -0.25) is 0 Å². The smallest absolute Gasteiger partial charge is 0.224 e. The first kappa shape index (κ1) is 16.1. The van der Waals surface area contributed by atoms with Crippen molar-refractivity contribution in [3.05, 3.63) is 24.5 Å². The van der Waals surface area contributed by atoms with Crippen molar-refractivity contribution in [2.75, 3.05) is 12.4 Å². The summed E-state index contributed by atoms with van der Waals surface area (Å²) in [6.45, 7) is 2.75. The Morgan fingerprint density at radius 2 is 2.19 bits per heavy atom. The van der Waals surface area contributed by atoms with Crippen LogP contribution in [-0.4, -0.2) is 54.2 Å². The number of methoxy groups -OCH3 is 1. The zero-order valence-corrected chi connectivity index (χ0v) is 15.2. The summed E-state index contributed by atoms with van der Waals surface area (Å²) in [5.74, 6) is 0.632. The van der Waals surface area contributed by atoms with Crippen LogP contribution in [0.5, 0.6) is 0 Å². The predicted octanol–water partition coefficient (Wildman–Crippen LogP) is 2.37. The number of pyridine rings is 1. The SMILES string of the molecule is CCn1nnc2ccc(-c3c[nH]c4nc(N[C@H]5C[C@@H](OC)C5)ncc34)nc21. The van der Waals surface area contributed by atoms with E-state index in [1.807, 2.05) is 31.5 Å². The van der Waals surface area contributed by atoms with Crippen molar-refractivity contribution in [2.45, 2.75) is 38.5 Å². The first-order valence-electron chi connectivity index (χ1n) is 9.09. The van der Waals surface area contributed by atoms with Gasteiger partial charge in [0.25, 0.3) is 0 Å². The number of ether oxygens (including phenoxy) is 1. The second-order valence-corrected chi connectivity index (χ2v) is 6.77. The molecule has 0 atom stereocenters. The number of aromatic amines is 1. The van der Waals surface area contributed by atoms with Gasteiger partial charge >= 0.3 is 0 Å². The quantitative estimate of drug-likeness (QED) is 0.560. The highest BCUT2D eigenvalue weighted by molar-refractivity contribution is 5.93. The van der Waals surface area contributed by atoms with E-state index in [0.29, 0.717) is 18.1 Å². The van der Waals surface area contributed by atoms with Gasteiger partial charge in [-0.1, -0.05) is 5.21 Å². The van der Waals surface area contributed by atoms with Crippen LogP contribution in [0.4, 0.5) is 5.95 Å². The van der Waals surface area contributed by atoms with Crippen LogP contribution in [-0.2, 0) is 11.3 Å². The third-order valence-corrected chi connectivity index (χ3v) is 5.13. The van der Waals surface area contributed by atoms with Gasteiger partial charge in [-0.05, 0) is 31.9 Å². The summed E-state index contributed by atoms with van der Waals surface area (Å²) in [6, 6.07) is 4.26. The first-order chi connectivity index (χ1) is 13.2. The predicted molar refractivity (Wildman–Crippen MR) is 101 cm³/mol. The molecule has 5 rings (SSSR count). The lowest BCUT2D eigenvalue weighted by Gasteiger charge is -2.34. The van der Waals surface area contributed by atoms with Crippen LogP contribution < -0.4 is 5.32 Å². The number of hydrogen-bond donors (Lipinski definition) is 2. The Balaban J connectivity index is 1.46. The van der Waals surface area contributed by atoms with E-state index in [9.17, 15) is 0 Å². The van der Waals surface area contributed by atoms with E-state index in [2.05, 4.69) is 30.6 Å². The first-order valence-corrected chi connectivity index (χ1v) is 9.09. The average molecular weight is 364 g/mol. The van der Waals surface area contributed by atoms with E-state index in [1.165, 1.54) is 0 Å². The third kappa shape index (κ3) is 2.71. The van der Waals surface area contributed by atoms with E-state index in [0.717, 1.165) is 52.8 Å². The van der Waals surface area contributed by atoms with E-state index in [1.54, 1.807) is 11.8 Å². The van der Waals surface area contributed by atoms with Crippen molar-refractivity contribution in [3.8, 4) is 11.3 Å². The summed E-state index contributed by atoms with van der Waals surface area (Å²) in [7, 11) is 1.75. The number of fused-ring (bicyclic) bond motifs is 2. The molecule has 0 saturated heterocycles. The maximum atomic E-state index is 5.31. The molecule has 0 aliphatic heterocycles. The van der Waals surface area contributed by atoms with Crippen LogP contribution in [0.25, 0.3) is 33.5 Å². The number of aromatic nitrogens is 7. The molecule has 1 saturated carbocycles. The van der Waals surface area contributed by atoms with E-state index in [4.69, 9.17) is 9.72 Å². The molecule has 0 radical (unpaired) electrons. The highest BCUT2D eigenvalue weighted by atomic mass is 16.5. The summed E-state index contributed by atoms with van der Waals surface area (Å²) in [5.41, 5.74) is 4.16. The second kappa shape index (κ2) is 6.27. The molecule has 0 amide bonds. The summed E-state index contributed by atoms with van der Waals surface area (Å²) in [4.78, 5) is 17.1. The topological polar surface area (TPSA) is 106 Å². The van der Waals surface area contributed by atoms with Gasteiger partial charge < -0.3 is 15.0 Å². The summed E-state index contributed by atoms with van der Waals surface area (Å²) in [5, 5.41) is 12.6. The van der Waals surface area contributed by atoms with Gasteiger partial charge in [0.15, 0.2) is 5.65 Å². The molecule has 9 heteroatoms. The summed E-state index contributed by atoms with van der Waals surface area (Å²) < 4.78 is 7.10. The van der Waals surface area contributed by atoms with Crippen LogP contribution in [0, 0.1) is 0 Å². The van der Waals surface area contributed by atoms with Gasteiger partial charge in [0.2, 0.25) is 5.95 Å². The minimum atomic E-state index is 0.343. The standard InChI is InChI=1S/C18H20N8O/c1-3-26-17-15(24-25-26)5-4-14(22-17)12-8-19-16-13(12)9-20-18(23-16)21-10-6-11(7-10)27-2/h4-5,8-11H,3,6-7H2,1-2H3,(H2,19,20,21,23)/t10-,11+. The molecule has 4 aromatic rings. The van der Waals surface area contributed by atoms with Gasteiger partial charge in [0, 0.05) is 43.0 Å². The molecule has 0 aromatic carbocycles. The van der Waals surface area contributed by atoms with Crippen LogP contribution >= 0.6 is 0 Å². The molecule has 138 valence electrons. The number of rotatable bonds is 5. The molecule has 0 unspecified atom stereocenters. The van der Waals surface area contributed by atoms with E-state index < -0.39 is 0 Å². The molecule has 4 heterocycles. The van der Waals surface area contributed by atoms with Gasteiger partial charge in [-0.15, -0.1) is 5.10 Å². The van der Waals surface area contributed by atoms with Crippen LogP contribution in [0.3, 0.4) is 0 Å². The van der Waals surface area contributed by atoms with Crippen LogP contribution in [0.2, 0.25) is 0 Å². The van der Waals surface area contributed by atoms with Crippen LogP contribution in [0.15, 0.2) is 24.5 Å². The largest absolute Gasteiger partial charge is 0.381 e. The highest BCUT2D eigenvalue weighted by Gasteiger charge is 2.29. The maximum Gasteiger partial charge on any atom is 0.224 e. The molecular weight excluding hydrogens is 344 g/mol. The lowest BCUT2D eigenvalue weighted by molar-refractivity contribution is 0.0327. The lowest BCUT2D eigenvalue weighted by atomic mass is 9.89. The van der Waals surface area contributed by atoms with Gasteiger partial charge in [-0.2, -0.15) is 4.98 Å². The zero-order chi connectivity index (χ0) is 18.4. The third-order valence-electron chi connectivity index (χ3n) is 5.13. The minimum absolute atomic E-state index is 0.343. The Hall–Kier alpha value is -3.07. The van der Waals surface area contributed by atoms with E-state index in [-0.39, 0.29) is 0 Å². The van der Waals surface area contributed by atoms with E-state index >= 15 is 0 Å². The minimum Gasteiger partial charge on any atom is -0.381 e. The molecule has 2 N–H and O–H groups in total. The fraction of sp³-hybridized carbons (Fsp3) is 0.389. The Bertz CT molecular complexity index is 1110. The Kier molecular flexibility index (Phi) is 3.75. The number of aryl methyl sites for hydroxylation is 1. The fourth-order valence-electron chi connectivity index (χ4n) is 3.46. The summed E-state index contributed by atoms with van der Waals surface area (Å²) in [6.07, 6.45) is 6.06. The molecule has 4 aromatic heterocycles. The van der Waals surface area contributed by atoms with Gasteiger partial charge in [0.05, 0.1) is 11.8 Å². The Labute approximate surface area is 155 Å². The number of nitrogens with one attached hydrogen (secondary N) is 2. The number of anilines is 1. The van der Waals surface area contributed by atoms with Crippen molar-refractivity contribution in [1.29, 1.82) is 0 Å². The molecule has 9 nitrogen and oxygen atoms in total. The van der Waals surface area contributed by atoms with Crippen molar-refractivity contribution >= 4 is 28.1 Å². The second-order valence-electron chi connectivity index (χ2n) is 6.77. The van der Waals surface area contributed by atoms with Crippen molar-refractivity contribution in [3.63, 3.8) is 0 Å². The lowest BCUT2D eigenvalue weighted by Crippen LogP contribution is -2.40. The molecular formula is C18H20N8O. The Morgan fingerprint density at radius 1 is 1.30 bits per heavy atom.